The highest BCUT2D eigenvalue weighted by Gasteiger charge is 2.28. The average Bonchev–Trinajstić information content (AvgIpc) is 2.38. The van der Waals surface area contributed by atoms with Crippen LogP contribution in [-0.2, 0) is 16.6 Å². The molecule has 1 aromatic carbocycles. The van der Waals surface area contributed by atoms with Crippen molar-refractivity contribution in [1.82, 2.24) is 14.5 Å². The highest BCUT2D eigenvalue weighted by Crippen LogP contribution is 2.18. The average molecular weight is 334 g/mol. The zero-order chi connectivity index (χ0) is 14.8. The number of nitrogens with one attached hydrogen (secondary N) is 1. The Morgan fingerprint density at radius 2 is 1.90 bits per heavy atom. The Morgan fingerprint density at radius 1 is 1.29 bits per heavy atom. The lowest BCUT2D eigenvalue weighted by Crippen LogP contribution is -2.51. The first-order valence-electron chi connectivity index (χ1n) is 6.87. The van der Waals surface area contributed by atoms with Gasteiger partial charge in [0.25, 0.3) is 0 Å². The highest BCUT2D eigenvalue weighted by molar-refractivity contribution is 7.89. The molecule has 5 nitrogen and oxygen atoms in total. The Balaban J connectivity index is 0.00000220. The Kier molecular flexibility index (Phi) is 6.62. The molecule has 2 rings (SSSR count). The van der Waals surface area contributed by atoms with Crippen molar-refractivity contribution in [1.29, 1.82) is 0 Å². The molecule has 1 atom stereocenters. The van der Waals surface area contributed by atoms with Gasteiger partial charge in [0.05, 0.1) is 4.90 Å². The van der Waals surface area contributed by atoms with E-state index in [-0.39, 0.29) is 18.4 Å². The van der Waals surface area contributed by atoms with Gasteiger partial charge in [-0.1, -0.05) is 12.1 Å². The Hall–Kier alpha value is -0.660. The van der Waals surface area contributed by atoms with Gasteiger partial charge < -0.3 is 10.2 Å². The Morgan fingerprint density at radius 3 is 2.43 bits per heavy atom. The normalized spacial score (nSPS) is 20.3. The first-order valence-corrected chi connectivity index (χ1v) is 8.31. The molecule has 1 aliphatic rings. The van der Waals surface area contributed by atoms with Gasteiger partial charge in [-0.05, 0) is 38.7 Å². The van der Waals surface area contributed by atoms with Crippen LogP contribution in [0.25, 0.3) is 0 Å². The summed E-state index contributed by atoms with van der Waals surface area (Å²) in [6.45, 7) is 4.58. The molecule has 1 aromatic rings. The highest BCUT2D eigenvalue weighted by atomic mass is 35.5. The summed E-state index contributed by atoms with van der Waals surface area (Å²) >= 11 is 0. The van der Waals surface area contributed by atoms with Crippen molar-refractivity contribution in [2.75, 3.05) is 33.7 Å². The number of piperazine rings is 1. The van der Waals surface area contributed by atoms with Crippen molar-refractivity contribution < 1.29 is 8.42 Å². The Bertz CT molecular complexity index is 546. The summed E-state index contributed by atoms with van der Waals surface area (Å²) in [6.07, 6.45) is 0. The van der Waals surface area contributed by atoms with Crippen molar-refractivity contribution in [2.45, 2.75) is 24.4 Å². The molecule has 1 aliphatic heterocycles. The van der Waals surface area contributed by atoms with Gasteiger partial charge in [-0.15, -0.1) is 12.4 Å². The van der Waals surface area contributed by atoms with Gasteiger partial charge in [-0.2, -0.15) is 4.31 Å². The maximum atomic E-state index is 12.6. The molecule has 21 heavy (non-hydrogen) atoms. The lowest BCUT2D eigenvalue weighted by atomic mass is 10.2. The monoisotopic (exact) mass is 333 g/mol. The third-order valence-electron chi connectivity index (χ3n) is 3.39. The van der Waals surface area contributed by atoms with Gasteiger partial charge in [0.1, 0.15) is 0 Å². The van der Waals surface area contributed by atoms with E-state index < -0.39 is 10.0 Å². The van der Waals surface area contributed by atoms with Gasteiger partial charge in [0.2, 0.25) is 10.0 Å². The smallest absolute Gasteiger partial charge is 0.243 e. The van der Waals surface area contributed by atoms with Gasteiger partial charge in [-0.3, -0.25) is 0 Å². The van der Waals surface area contributed by atoms with Crippen LogP contribution < -0.4 is 5.32 Å². The summed E-state index contributed by atoms with van der Waals surface area (Å²) in [6, 6.07) is 7.39. The fourth-order valence-corrected chi connectivity index (χ4v) is 3.93. The van der Waals surface area contributed by atoms with Crippen LogP contribution in [0.4, 0.5) is 0 Å². The zero-order valence-electron chi connectivity index (χ0n) is 12.7. The van der Waals surface area contributed by atoms with E-state index in [1.807, 2.05) is 33.2 Å². The summed E-state index contributed by atoms with van der Waals surface area (Å²) in [5.74, 6) is 0. The molecule has 0 spiro atoms. The van der Waals surface area contributed by atoms with E-state index in [0.717, 1.165) is 12.1 Å². The molecule has 0 bridgehead atoms. The number of halogens is 1. The number of sulfonamides is 1. The van der Waals surface area contributed by atoms with Gasteiger partial charge in [-0.25, -0.2) is 8.42 Å². The second-order valence-electron chi connectivity index (χ2n) is 5.60. The minimum Gasteiger partial charge on any atom is -0.312 e. The van der Waals surface area contributed by atoms with Crippen LogP contribution in [0.2, 0.25) is 0 Å². The largest absolute Gasteiger partial charge is 0.312 e. The van der Waals surface area contributed by atoms with Gasteiger partial charge in [0, 0.05) is 32.2 Å². The lowest BCUT2D eigenvalue weighted by Gasteiger charge is -2.31. The standard InChI is InChI=1S/C14H23N3O2S.ClH/c1-12-10-17(9-8-15-12)20(18,19)14-6-4-13(5-7-14)11-16(2)3;/h4-7,12,15H,8-11H2,1-3H3;1H/t12-;/m1./s1. The van der Waals surface area contributed by atoms with Crippen LogP contribution in [0.5, 0.6) is 0 Å². The first kappa shape index (κ1) is 18.4. The molecule has 1 N–H and O–H groups in total. The maximum Gasteiger partial charge on any atom is 0.243 e. The zero-order valence-corrected chi connectivity index (χ0v) is 14.4. The van der Waals surface area contributed by atoms with E-state index in [2.05, 4.69) is 10.2 Å². The topological polar surface area (TPSA) is 52.7 Å². The van der Waals surface area contributed by atoms with Crippen LogP contribution in [0.15, 0.2) is 29.2 Å². The molecule has 0 amide bonds. The fourth-order valence-electron chi connectivity index (χ4n) is 2.40. The van der Waals surface area contributed by atoms with E-state index in [4.69, 9.17) is 0 Å². The first-order chi connectivity index (χ1) is 9.39. The molecule has 0 aromatic heterocycles. The summed E-state index contributed by atoms with van der Waals surface area (Å²) in [7, 11) is 0.625. The molecule has 120 valence electrons. The summed E-state index contributed by atoms with van der Waals surface area (Å²) in [5.41, 5.74) is 1.11. The van der Waals surface area contributed by atoms with E-state index in [1.165, 1.54) is 0 Å². The summed E-state index contributed by atoms with van der Waals surface area (Å²) < 4.78 is 26.7. The van der Waals surface area contributed by atoms with Crippen molar-refractivity contribution in [3.63, 3.8) is 0 Å². The molecular weight excluding hydrogens is 310 g/mol. The van der Waals surface area contributed by atoms with Gasteiger partial charge in [0.15, 0.2) is 0 Å². The number of nitrogens with zero attached hydrogens (tertiary/aromatic N) is 2. The van der Waals surface area contributed by atoms with E-state index in [0.29, 0.717) is 24.5 Å². The van der Waals surface area contributed by atoms with Crippen molar-refractivity contribution in [2.24, 2.45) is 0 Å². The minimum absolute atomic E-state index is 0. The molecular formula is C14H24ClN3O2S. The fraction of sp³-hybridized carbons (Fsp3) is 0.571. The number of hydrogen-bond acceptors (Lipinski definition) is 4. The van der Waals surface area contributed by atoms with Crippen molar-refractivity contribution >= 4 is 22.4 Å². The SMILES string of the molecule is C[C@@H]1CN(S(=O)(=O)c2ccc(CN(C)C)cc2)CCN1.Cl. The van der Waals surface area contributed by atoms with Gasteiger partial charge >= 0.3 is 0 Å². The second-order valence-corrected chi connectivity index (χ2v) is 7.54. The molecule has 0 unspecified atom stereocenters. The van der Waals surface area contributed by atoms with Crippen molar-refractivity contribution in [3.05, 3.63) is 29.8 Å². The minimum atomic E-state index is -3.36. The van der Waals surface area contributed by atoms with Crippen LogP contribution >= 0.6 is 12.4 Å². The quantitative estimate of drug-likeness (QED) is 0.898. The number of benzene rings is 1. The third-order valence-corrected chi connectivity index (χ3v) is 5.27. The Labute approximate surface area is 133 Å². The molecule has 7 heteroatoms. The van der Waals surface area contributed by atoms with Crippen LogP contribution in [-0.4, -0.2) is 57.4 Å². The van der Waals surface area contributed by atoms with Crippen LogP contribution in [0.1, 0.15) is 12.5 Å². The molecule has 0 saturated carbocycles. The molecule has 1 saturated heterocycles. The number of rotatable bonds is 4. The van der Waals surface area contributed by atoms with E-state index in [9.17, 15) is 8.42 Å². The molecule has 1 fully saturated rings. The summed E-state index contributed by atoms with van der Waals surface area (Å²) in [4.78, 5) is 2.44. The summed E-state index contributed by atoms with van der Waals surface area (Å²) in [5, 5.41) is 3.25. The molecule has 0 aliphatic carbocycles. The second kappa shape index (κ2) is 7.56. The third kappa shape index (κ3) is 4.66. The van der Waals surface area contributed by atoms with E-state index in [1.54, 1.807) is 16.4 Å². The maximum absolute atomic E-state index is 12.6. The van der Waals surface area contributed by atoms with Crippen LogP contribution in [0, 0.1) is 0 Å². The molecule has 0 radical (unpaired) electrons. The number of hydrogen-bond donors (Lipinski definition) is 1. The van der Waals surface area contributed by atoms with Crippen molar-refractivity contribution in [3.8, 4) is 0 Å². The van der Waals surface area contributed by atoms with Crippen LogP contribution in [0.3, 0.4) is 0 Å². The lowest BCUT2D eigenvalue weighted by molar-refractivity contribution is 0.310. The predicted octanol–water partition coefficient (Wildman–Crippen LogP) is 1.15. The van der Waals surface area contributed by atoms with E-state index >= 15 is 0 Å². The molecule has 1 heterocycles. The predicted molar refractivity (Wildman–Crippen MR) is 87.3 cm³/mol.